The Morgan fingerprint density at radius 2 is 1.77 bits per heavy atom. The van der Waals surface area contributed by atoms with E-state index < -0.39 is 0 Å². The van der Waals surface area contributed by atoms with Gasteiger partial charge in [0.05, 0.1) is 11.4 Å². The zero-order chi connectivity index (χ0) is 21.1. The number of rotatable bonds is 8. The van der Waals surface area contributed by atoms with Gasteiger partial charge in [-0.15, -0.1) is 11.3 Å². The summed E-state index contributed by atoms with van der Waals surface area (Å²) in [4.78, 5) is 21.3. The molecule has 3 aromatic rings. The molecule has 1 aliphatic rings. The maximum atomic E-state index is 12.3. The maximum absolute atomic E-state index is 12.3. The normalized spacial score (nSPS) is 13.8. The first-order chi connectivity index (χ1) is 14.5. The highest BCUT2D eigenvalue weighted by Gasteiger charge is 2.30. The molecule has 1 fully saturated rings. The molecule has 0 N–H and O–H groups in total. The molecule has 1 heterocycles. The van der Waals surface area contributed by atoms with Gasteiger partial charge in [0.15, 0.2) is 5.13 Å². The highest BCUT2D eigenvalue weighted by Crippen LogP contribution is 2.33. The molecule has 0 bridgehead atoms. The summed E-state index contributed by atoms with van der Waals surface area (Å²) >= 11 is 1.53. The van der Waals surface area contributed by atoms with E-state index in [2.05, 4.69) is 48.4 Å². The van der Waals surface area contributed by atoms with Crippen LogP contribution < -0.4 is 4.90 Å². The third kappa shape index (κ3) is 4.97. The molecule has 156 valence electrons. The van der Waals surface area contributed by atoms with Gasteiger partial charge in [-0.25, -0.2) is 4.98 Å². The number of carbonyl (C=O) groups excluding carboxylic acids is 1. The summed E-state index contributed by atoms with van der Waals surface area (Å²) in [6, 6.07) is 19.4. The molecular weight excluding hydrogens is 390 g/mol. The standard InChI is InChI=1S/C25H29N3OS/c1-18(2)21-11-9-20(10-12-21)15-27(23-13-14-23)16-22-17-30-25(26-22)28(19(3)29)24-7-5-4-6-8-24/h4-12,17-18,23H,13-16H2,1-3H3. The van der Waals surface area contributed by atoms with E-state index in [0.717, 1.165) is 29.6 Å². The van der Waals surface area contributed by atoms with Crippen molar-refractivity contribution >= 4 is 28.1 Å². The van der Waals surface area contributed by atoms with E-state index in [1.807, 2.05) is 30.3 Å². The molecule has 30 heavy (non-hydrogen) atoms. The molecule has 1 aliphatic carbocycles. The van der Waals surface area contributed by atoms with Gasteiger partial charge in [0.25, 0.3) is 0 Å². The van der Waals surface area contributed by atoms with Gasteiger partial charge in [-0.1, -0.05) is 56.3 Å². The van der Waals surface area contributed by atoms with Crippen LogP contribution in [0.2, 0.25) is 0 Å². The fourth-order valence-electron chi connectivity index (χ4n) is 3.68. The molecule has 0 unspecified atom stereocenters. The highest BCUT2D eigenvalue weighted by molar-refractivity contribution is 7.14. The molecule has 0 aliphatic heterocycles. The zero-order valence-corrected chi connectivity index (χ0v) is 18.7. The molecule has 1 saturated carbocycles. The lowest BCUT2D eigenvalue weighted by atomic mass is 10.0. The molecule has 1 aromatic heterocycles. The van der Waals surface area contributed by atoms with Crippen molar-refractivity contribution in [3.63, 3.8) is 0 Å². The lowest BCUT2D eigenvalue weighted by Gasteiger charge is -2.21. The summed E-state index contributed by atoms with van der Waals surface area (Å²) in [6.45, 7) is 7.79. The minimum Gasteiger partial charge on any atom is -0.290 e. The lowest BCUT2D eigenvalue weighted by molar-refractivity contribution is -0.115. The minimum absolute atomic E-state index is 0.0219. The first-order valence-corrected chi connectivity index (χ1v) is 11.5. The minimum atomic E-state index is -0.0219. The van der Waals surface area contributed by atoms with Crippen molar-refractivity contribution in [2.75, 3.05) is 4.90 Å². The number of benzene rings is 2. The Morgan fingerprint density at radius 1 is 1.07 bits per heavy atom. The van der Waals surface area contributed by atoms with E-state index in [0.29, 0.717) is 12.0 Å². The van der Waals surface area contributed by atoms with Crippen LogP contribution in [0.15, 0.2) is 60.0 Å². The predicted molar refractivity (Wildman–Crippen MR) is 124 cm³/mol. The Hall–Kier alpha value is -2.50. The SMILES string of the molecule is CC(=O)N(c1ccccc1)c1nc(CN(Cc2ccc(C(C)C)cc2)C2CC2)cs1. The second-order valence-electron chi connectivity index (χ2n) is 8.34. The van der Waals surface area contributed by atoms with Gasteiger partial charge in [-0.2, -0.15) is 0 Å². The van der Waals surface area contributed by atoms with Crippen molar-refractivity contribution in [1.29, 1.82) is 0 Å². The quantitative estimate of drug-likeness (QED) is 0.442. The van der Waals surface area contributed by atoms with Gasteiger partial charge in [0.1, 0.15) is 0 Å². The number of anilines is 2. The number of nitrogens with zero attached hydrogens (tertiary/aromatic N) is 3. The molecule has 1 amide bonds. The van der Waals surface area contributed by atoms with Crippen LogP contribution in [0, 0.1) is 0 Å². The number of thiazole rings is 1. The van der Waals surface area contributed by atoms with Crippen molar-refractivity contribution in [3.8, 4) is 0 Å². The second kappa shape index (κ2) is 9.11. The van der Waals surface area contributed by atoms with Gasteiger partial charge >= 0.3 is 0 Å². The van der Waals surface area contributed by atoms with Crippen LogP contribution in [0.1, 0.15) is 56.4 Å². The van der Waals surface area contributed by atoms with Crippen LogP contribution >= 0.6 is 11.3 Å². The van der Waals surface area contributed by atoms with E-state index in [1.165, 1.54) is 35.3 Å². The summed E-state index contributed by atoms with van der Waals surface area (Å²) in [5.41, 5.74) is 4.61. The van der Waals surface area contributed by atoms with Gasteiger partial charge in [0, 0.05) is 31.4 Å². The molecule has 0 atom stereocenters. The fourth-order valence-corrected chi connectivity index (χ4v) is 4.56. The van der Waals surface area contributed by atoms with Crippen LogP contribution in [0.25, 0.3) is 0 Å². The van der Waals surface area contributed by atoms with Crippen molar-refractivity contribution in [1.82, 2.24) is 9.88 Å². The largest absolute Gasteiger partial charge is 0.290 e. The molecule has 0 saturated heterocycles. The van der Waals surface area contributed by atoms with Crippen LogP contribution in [0.4, 0.5) is 10.8 Å². The van der Waals surface area contributed by atoms with E-state index in [1.54, 1.807) is 11.8 Å². The van der Waals surface area contributed by atoms with Gasteiger partial charge in [-0.3, -0.25) is 14.6 Å². The Kier molecular flexibility index (Phi) is 6.30. The van der Waals surface area contributed by atoms with Crippen LogP contribution in [0.5, 0.6) is 0 Å². The van der Waals surface area contributed by atoms with E-state index in [9.17, 15) is 4.79 Å². The third-order valence-corrected chi connectivity index (χ3v) is 6.40. The van der Waals surface area contributed by atoms with Crippen molar-refractivity contribution in [2.24, 2.45) is 0 Å². The van der Waals surface area contributed by atoms with Gasteiger partial charge in [-0.05, 0) is 42.0 Å². The van der Waals surface area contributed by atoms with Gasteiger partial charge < -0.3 is 0 Å². The monoisotopic (exact) mass is 419 g/mol. The summed E-state index contributed by atoms with van der Waals surface area (Å²) in [6.07, 6.45) is 2.51. The summed E-state index contributed by atoms with van der Waals surface area (Å²) in [5, 5.41) is 2.83. The van der Waals surface area contributed by atoms with E-state index in [-0.39, 0.29) is 5.91 Å². The predicted octanol–water partition coefficient (Wildman–Crippen LogP) is 6.12. The molecule has 0 radical (unpaired) electrons. The summed E-state index contributed by atoms with van der Waals surface area (Å²) in [5.74, 6) is 0.534. The lowest BCUT2D eigenvalue weighted by Crippen LogP contribution is -2.26. The van der Waals surface area contributed by atoms with Crippen LogP contribution in [-0.4, -0.2) is 21.8 Å². The number of aromatic nitrogens is 1. The molecule has 4 nitrogen and oxygen atoms in total. The number of para-hydroxylation sites is 1. The second-order valence-corrected chi connectivity index (χ2v) is 9.18. The Bertz CT molecular complexity index is 977. The van der Waals surface area contributed by atoms with Gasteiger partial charge in [0.2, 0.25) is 5.91 Å². The first-order valence-electron chi connectivity index (χ1n) is 10.6. The Labute approximate surface area is 183 Å². The number of amides is 1. The highest BCUT2D eigenvalue weighted by atomic mass is 32.1. The average Bonchev–Trinajstić information content (AvgIpc) is 3.49. The topological polar surface area (TPSA) is 36.4 Å². The average molecular weight is 420 g/mol. The smallest absolute Gasteiger partial charge is 0.230 e. The number of hydrogen-bond acceptors (Lipinski definition) is 4. The first kappa shape index (κ1) is 20.8. The molecule has 4 rings (SSSR count). The molecule has 2 aromatic carbocycles. The summed E-state index contributed by atoms with van der Waals surface area (Å²) in [7, 11) is 0. The Balaban J connectivity index is 1.48. The van der Waals surface area contributed by atoms with E-state index in [4.69, 9.17) is 4.98 Å². The molecule has 5 heteroatoms. The van der Waals surface area contributed by atoms with Crippen molar-refractivity contribution < 1.29 is 4.79 Å². The van der Waals surface area contributed by atoms with Crippen LogP contribution in [0.3, 0.4) is 0 Å². The third-order valence-electron chi connectivity index (χ3n) is 5.52. The fraction of sp³-hybridized carbons (Fsp3) is 0.360. The molecular formula is C25H29N3OS. The van der Waals surface area contributed by atoms with Crippen molar-refractivity contribution in [3.05, 3.63) is 76.8 Å². The number of hydrogen-bond donors (Lipinski definition) is 0. The van der Waals surface area contributed by atoms with Crippen molar-refractivity contribution in [2.45, 2.75) is 58.7 Å². The number of carbonyl (C=O) groups is 1. The van der Waals surface area contributed by atoms with Crippen LogP contribution in [-0.2, 0) is 17.9 Å². The molecule has 0 spiro atoms. The maximum Gasteiger partial charge on any atom is 0.230 e. The Morgan fingerprint density at radius 3 is 2.37 bits per heavy atom. The summed E-state index contributed by atoms with van der Waals surface area (Å²) < 4.78 is 0. The zero-order valence-electron chi connectivity index (χ0n) is 17.9. The van der Waals surface area contributed by atoms with E-state index >= 15 is 0 Å².